The van der Waals surface area contributed by atoms with Crippen molar-refractivity contribution in [2.75, 3.05) is 39.3 Å². The van der Waals surface area contributed by atoms with Crippen LogP contribution < -0.4 is 0 Å². The number of nitro benzene ring substituents is 1. The zero-order valence-electron chi connectivity index (χ0n) is 26.7. The summed E-state index contributed by atoms with van der Waals surface area (Å²) in [5.41, 5.74) is 3.01. The first-order valence-electron chi connectivity index (χ1n) is 15.7. The standard InChI is InChI=1S/C35H39N5O6S/c1-24(2)46-35(42)39-32(28-15-10-16-29(23-28)40(43)44)30(25(3)36-34(39)47)33(41)45-22-21-37-17-19-38(20-18-37)31(26-11-6-4-7-12-26)27-13-8-5-9-14-27/h4-16,23-24,30-32H,17-22H2,1-3H3. The van der Waals surface area contributed by atoms with E-state index < -0.39 is 35.0 Å². The Bertz CT molecular complexity index is 1570. The molecular formula is C35H39N5O6S. The Labute approximate surface area is 279 Å². The lowest BCUT2D eigenvalue weighted by Crippen LogP contribution is -2.50. The largest absolute Gasteiger partial charge is 0.464 e. The second kappa shape index (κ2) is 15.4. The lowest BCUT2D eigenvalue weighted by atomic mass is 9.87. The number of hydrogen-bond acceptors (Lipinski definition) is 9. The van der Waals surface area contributed by atoms with Crippen molar-refractivity contribution in [3.8, 4) is 0 Å². The van der Waals surface area contributed by atoms with Crippen molar-refractivity contribution in [1.29, 1.82) is 0 Å². The van der Waals surface area contributed by atoms with Crippen LogP contribution in [-0.4, -0.2) is 87.9 Å². The van der Waals surface area contributed by atoms with Crippen LogP contribution >= 0.6 is 12.2 Å². The molecule has 246 valence electrons. The Balaban J connectivity index is 1.27. The molecule has 0 N–H and O–H groups in total. The number of rotatable bonds is 10. The number of benzene rings is 3. The summed E-state index contributed by atoms with van der Waals surface area (Å²) >= 11 is 5.44. The molecule has 47 heavy (non-hydrogen) atoms. The quantitative estimate of drug-likeness (QED) is 0.115. The molecule has 1 saturated heterocycles. The number of thiocarbonyl (C=S) groups is 1. The van der Waals surface area contributed by atoms with Gasteiger partial charge >= 0.3 is 12.1 Å². The van der Waals surface area contributed by atoms with Crippen LogP contribution in [0.1, 0.15) is 49.5 Å². The zero-order valence-corrected chi connectivity index (χ0v) is 27.5. The average Bonchev–Trinajstić information content (AvgIpc) is 3.06. The lowest BCUT2D eigenvalue weighted by Gasteiger charge is -2.40. The molecule has 0 aromatic heterocycles. The molecule has 12 heteroatoms. The van der Waals surface area contributed by atoms with Gasteiger partial charge in [0.1, 0.15) is 12.5 Å². The number of non-ortho nitro benzene ring substituents is 1. The highest BCUT2D eigenvalue weighted by Crippen LogP contribution is 2.37. The van der Waals surface area contributed by atoms with Gasteiger partial charge in [-0.1, -0.05) is 72.8 Å². The van der Waals surface area contributed by atoms with Gasteiger partial charge in [0.05, 0.1) is 23.1 Å². The van der Waals surface area contributed by atoms with E-state index in [0.29, 0.717) is 17.8 Å². The molecule has 5 rings (SSSR count). The number of carbonyl (C=O) groups is 2. The van der Waals surface area contributed by atoms with Crippen LogP contribution in [0.5, 0.6) is 0 Å². The Kier molecular flexibility index (Phi) is 11.1. The summed E-state index contributed by atoms with van der Waals surface area (Å²) in [5, 5.41) is 11.5. The number of esters is 1. The third-order valence-corrected chi connectivity index (χ3v) is 8.67. The number of nitrogens with zero attached hydrogens (tertiary/aromatic N) is 5. The van der Waals surface area contributed by atoms with Crippen molar-refractivity contribution in [2.24, 2.45) is 10.9 Å². The normalized spacial score (nSPS) is 19.0. The smallest absolute Gasteiger partial charge is 0.417 e. The van der Waals surface area contributed by atoms with Gasteiger partial charge in [-0.15, -0.1) is 0 Å². The fourth-order valence-electron chi connectivity index (χ4n) is 6.18. The fourth-order valence-corrected chi connectivity index (χ4v) is 6.51. The van der Waals surface area contributed by atoms with E-state index in [1.54, 1.807) is 26.8 Å². The minimum Gasteiger partial charge on any atom is -0.464 e. The number of ether oxygens (including phenoxy) is 2. The average molecular weight is 658 g/mol. The van der Waals surface area contributed by atoms with E-state index in [-0.39, 0.29) is 23.4 Å². The van der Waals surface area contributed by atoms with Crippen LogP contribution in [0.3, 0.4) is 0 Å². The predicted molar refractivity (Wildman–Crippen MR) is 182 cm³/mol. The summed E-state index contributed by atoms with van der Waals surface area (Å²) in [6, 6.07) is 25.9. The molecule has 0 saturated carbocycles. The first-order valence-corrected chi connectivity index (χ1v) is 16.1. The highest BCUT2D eigenvalue weighted by atomic mass is 32.1. The van der Waals surface area contributed by atoms with Crippen molar-refractivity contribution >= 4 is 40.8 Å². The van der Waals surface area contributed by atoms with Crippen LogP contribution in [0.25, 0.3) is 0 Å². The van der Waals surface area contributed by atoms with E-state index in [1.807, 2.05) is 12.1 Å². The molecule has 2 aliphatic rings. The monoisotopic (exact) mass is 657 g/mol. The van der Waals surface area contributed by atoms with Gasteiger partial charge in [0.2, 0.25) is 5.11 Å². The number of amides is 1. The van der Waals surface area contributed by atoms with Crippen molar-refractivity contribution < 1.29 is 24.0 Å². The van der Waals surface area contributed by atoms with Gasteiger partial charge in [-0.2, -0.15) is 0 Å². The van der Waals surface area contributed by atoms with E-state index in [2.05, 4.69) is 63.3 Å². The van der Waals surface area contributed by atoms with Crippen molar-refractivity contribution in [1.82, 2.24) is 14.7 Å². The summed E-state index contributed by atoms with van der Waals surface area (Å²) in [4.78, 5) is 48.2. The topological polar surface area (TPSA) is 118 Å². The second-order valence-corrected chi connectivity index (χ2v) is 12.2. The molecule has 0 radical (unpaired) electrons. The van der Waals surface area contributed by atoms with Crippen molar-refractivity contribution in [3.63, 3.8) is 0 Å². The molecule has 2 atom stereocenters. The van der Waals surface area contributed by atoms with Crippen molar-refractivity contribution in [2.45, 2.75) is 39.0 Å². The third-order valence-electron chi connectivity index (χ3n) is 8.39. The van der Waals surface area contributed by atoms with Crippen LogP contribution in [0, 0.1) is 16.0 Å². The van der Waals surface area contributed by atoms with Gasteiger partial charge < -0.3 is 9.47 Å². The number of nitro groups is 1. The molecule has 11 nitrogen and oxygen atoms in total. The van der Waals surface area contributed by atoms with Gasteiger partial charge in [-0.05, 0) is 49.7 Å². The molecular weight excluding hydrogens is 618 g/mol. The second-order valence-electron chi connectivity index (χ2n) is 11.9. The van der Waals surface area contributed by atoms with Crippen LogP contribution in [0.4, 0.5) is 10.5 Å². The summed E-state index contributed by atoms with van der Waals surface area (Å²) in [7, 11) is 0. The van der Waals surface area contributed by atoms with Crippen LogP contribution in [0.15, 0.2) is 89.9 Å². The Morgan fingerprint density at radius 2 is 1.57 bits per heavy atom. The maximum absolute atomic E-state index is 13.7. The Morgan fingerprint density at radius 3 is 2.15 bits per heavy atom. The molecule has 3 aromatic carbocycles. The number of hydrogen-bond donors (Lipinski definition) is 0. The maximum atomic E-state index is 13.7. The van der Waals surface area contributed by atoms with Crippen molar-refractivity contribution in [3.05, 3.63) is 112 Å². The van der Waals surface area contributed by atoms with E-state index in [9.17, 15) is 19.7 Å². The summed E-state index contributed by atoms with van der Waals surface area (Å²) < 4.78 is 11.2. The van der Waals surface area contributed by atoms with E-state index in [0.717, 1.165) is 31.1 Å². The molecule has 1 amide bonds. The number of piperazine rings is 1. The molecule has 1 fully saturated rings. The molecule has 2 heterocycles. The van der Waals surface area contributed by atoms with Gasteiger partial charge in [0, 0.05) is 50.6 Å². The Morgan fingerprint density at radius 1 is 0.957 bits per heavy atom. The minimum absolute atomic E-state index is 0.0871. The van der Waals surface area contributed by atoms with E-state index in [1.165, 1.54) is 29.3 Å². The summed E-state index contributed by atoms with van der Waals surface area (Å²) in [6.07, 6.45) is -1.26. The molecule has 0 aliphatic carbocycles. The number of carbonyl (C=O) groups excluding carboxylic acids is 2. The molecule has 2 aliphatic heterocycles. The summed E-state index contributed by atoms with van der Waals surface area (Å²) in [5.74, 6) is -1.64. The highest BCUT2D eigenvalue weighted by Gasteiger charge is 2.45. The predicted octanol–water partition coefficient (Wildman–Crippen LogP) is 5.81. The third kappa shape index (κ3) is 8.07. The Hall–Kier alpha value is -4.52. The minimum atomic E-state index is -1.04. The van der Waals surface area contributed by atoms with Gasteiger partial charge in [0.25, 0.3) is 5.69 Å². The fraction of sp³-hybridized carbons (Fsp3) is 0.371. The maximum Gasteiger partial charge on any atom is 0.417 e. The lowest BCUT2D eigenvalue weighted by molar-refractivity contribution is -0.385. The first-order chi connectivity index (χ1) is 22.6. The zero-order chi connectivity index (χ0) is 33.5. The van der Waals surface area contributed by atoms with Crippen LogP contribution in [-0.2, 0) is 14.3 Å². The van der Waals surface area contributed by atoms with Gasteiger partial charge in [-0.3, -0.25) is 24.7 Å². The van der Waals surface area contributed by atoms with Gasteiger partial charge in [0.15, 0.2) is 0 Å². The number of aliphatic imine (C=N–C) groups is 1. The molecule has 3 aromatic rings. The van der Waals surface area contributed by atoms with E-state index in [4.69, 9.17) is 21.7 Å². The molecule has 0 bridgehead atoms. The highest BCUT2D eigenvalue weighted by molar-refractivity contribution is 7.80. The van der Waals surface area contributed by atoms with Crippen LogP contribution in [0.2, 0.25) is 0 Å². The SMILES string of the molecule is CC1=NC(=S)N(C(=O)OC(C)C)C(c2cccc([N+](=O)[O-])c2)C1C(=O)OCCN1CCN(C(c2ccccc2)c2ccccc2)CC1. The first kappa shape index (κ1) is 33.8. The molecule has 2 unspecified atom stereocenters. The molecule has 0 spiro atoms. The summed E-state index contributed by atoms with van der Waals surface area (Å²) in [6.45, 7) is 8.98. The van der Waals surface area contributed by atoms with Gasteiger partial charge in [-0.25, -0.2) is 14.7 Å². The van der Waals surface area contributed by atoms with E-state index >= 15 is 0 Å².